The van der Waals surface area contributed by atoms with Gasteiger partial charge in [0, 0.05) is 11.1 Å². The Morgan fingerprint density at radius 3 is 2.56 bits per heavy atom. The summed E-state index contributed by atoms with van der Waals surface area (Å²) in [6, 6.07) is 12.6. The number of hydrogen-bond acceptors (Lipinski definition) is 2. The third-order valence-electron chi connectivity index (χ3n) is 3.31. The molecule has 0 aliphatic carbocycles. The van der Waals surface area contributed by atoms with Crippen molar-refractivity contribution in [2.45, 2.75) is 13.8 Å². The van der Waals surface area contributed by atoms with Crippen LogP contribution in [-0.4, -0.2) is 12.1 Å². The number of aryl methyl sites for hydroxylation is 2. The minimum Gasteiger partial charge on any atom is -0.497 e. The SMILES string of the molecule is COc1ccc2cc3nc(C)cc(C)c3cc2c1. The Balaban J connectivity index is 2.39. The number of rotatable bonds is 1. The largest absolute Gasteiger partial charge is 0.497 e. The average Bonchev–Trinajstić information content (AvgIpc) is 2.36. The third-order valence-corrected chi connectivity index (χ3v) is 3.31. The van der Waals surface area contributed by atoms with E-state index in [0.29, 0.717) is 0 Å². The lowest BCUT2D eigenvalue weighted by atomic mass is 10.0. The second-order valence-corrected chi connectivity index (χ2v) is 4.66. The molecule has 1 heterocycles. The van der Waals surface area contributed by atoms with E-state index < -0.39 is 0 Å². The first-order valence-corrected chi connectivity index (χ1v) is 6.03. The smallest absolute Gasteiger partial charge is 0.119 e. The zero-order valence-electron chi connectivity index (χ0n) is 10.8. The van der Waals surface area contributed by atoms with E-state index in [4.69, 9.17) is 4.74 Å². The van der Waals surface area contributed by atoms with E-state index in [1.165, 1.54) is 21.7 Å². The molecule has 0 bridgehead atoms. The van der Waals surface area contributed by atoms with E-state index in [1.807, 2.05) is 13.0 Å². The van der Waals surface area contributed by atoms with Crippen LogP contribution in [0.2, 0.25) is 0 Å². The molecule has 0 spiro atoms. The fourth-order valence-corrected chi connectivity index (χ4v) is 2.41. The second kappa shape index (κ2) is 3.98. The van der Waals surface area contributed by atoms with Crippen molar-refractivity contribution in [1.29, 1.82) is 0 Å². The van der Waals surface area contributed by atoms with Crippen molar-refractivity contribution < 1.29 is 4.74 Å². The van der Waals surface area contributed by atoms with E-state index in [0.717, 1.165) is 17.0 Å². The second-order valence-electron chi connectivity index (χ2n) is 4.66. The Labute approximate surface area is 106 Å². The van der Waals surface area contributed by atoms with Crippen LogP contribution >= 0.6 is 0 Å². The average molecular weight is 237 g/mol. The number of pyridine rings is 1. The molecule has 0 saturated heterocycles. The Morgan fingerprint density at radius 1 is 0.944 bits per heavy atom. The lowest BCUT2D eigenvalue weighted by Gasteiger charge is -2.07. The highest BCUT2D eigenvalue weighted by Crippen LogP contribution is 2.27. The molecule has 0 aliphatic heterocycles. The Kier molecular flexibility index (Phi) is 2.44. The molecule has 0 radical (unpaired) electrons. The van der Waals surface area contributed by atoms with Crippen LogP contribution in [-0.2, 0) is 0 Å². The fourth-order valence-electron chi connectivity index (χ4n) is 2.41. The van der Waals surface area contributed by atoms with Crippen LogP contribution in [0.1, 0.15) is 11.3 Å². The van der Waals surface area contributed by atoms with Gasteiger partial charge in [-0.3, -0.25) is 4.98 Å². The molecular formula is C16H15NO. The molecule has 0 N–H and O–H groups in total. The molecule has 0 atom stereocenters. The van der Waals surface area contributed by atoms with E-state index in [2.05, 4.69) is 42.2 Å². The van der Waals surface area contributed by atoms with Crippen LogP contribution in [0.15, 0.2) is 36.4 Å². The van der Waals surface area contributed by atoms with Crippen molar-refractivity contribution in [2.75, 3.05) is 7.11 Å². The number of methoxy groups -OCH3 is 1. The molecule has 3 aromatic rings. The van der Waals surface area contributed by atoms with Gasteiger partial charge >= 0.3 is 0 Å². The first-order chi connectivity index (χ1) is 8.67. The van der Waals surface area contributed by atoms with Crippen LogP contribution in [0.3, 0.4) is 0 Å². The summed E-state index contributed by atoms with van der Waals surface area (Å²) in [6.07, 6.45) is 0. The molecule has 0 aliphatic rings. The van der Waals surface area contributed by atoms with Gasteiger partial charge < -0.3 is 4.74 Å². The number of ether oxygens (including phenoxy) is 1. The van der Waals surface area contributed by atoms with Crippen molar-refractivity contribution in [2.24, 2.45) is 0 Å². The van der Waals surface area contributed by atoms with E-state index >= 15 is 0 Å². The monoisotopic (exact) mass is 237 g/mol. The minimum atomic E-state index is 0.888. The summed E-state index contributed by atoms with van der Waals surface area (Å²) in [5, 5.41) is 3.60. The third kappa shape index (κ3) is 1.70. The van der Waals surface area contributed by atoms with Crippen LogP contribution in [0.25, 0.3) is 21.7 Å². The van der Waals surface area contributed by atoms with Crippen molar-refractivity contribution in [3.63, 3.8) is 0 Å². The lowest BCUT2D eigenvalue weighted by Crippen LogP contribution is -1.88. The predicted molar refractivity (Wildman–Crippen MR) is 75.3 cm³/mol. The fraction of sp³-hybridized carbons (Fsp3) is 0.188. The first kappa shape index (κ1) is 11.0. The van der Waals surface area contributed by atoms with Gasteiger partial charge in [0.25, 0.3) is 0 Å². The van der Waals surface area contributed by atoms with Crippen molar-refractivity contribution >= 4 is 21.7 Å². The maximum absolute atomic E-state index is 5.27. The summed E-state index contributed by atoms with van der Waals surface area (Å²) in [5.41, 5.74) is 3.39. The standard InChI is InChI=1S/C16H15NO/c1-10-6-11(2)17-16-9-12-4-5-14(18-3)7-13(12)8-15(10)16/h4-9H,1-3H3. The van der Waals surface area contributed by atoms with Gasteiger partial charge in [-0.1, -0.05) is 6.07 Å². The summed E-state index contributed by atoms with van der Waals surface area (Å²) < 4.78 is 5.27. The molecule has 0 saturated carbocycles. The van der Waals surface area contributed by atoms with Crippen molar-refractivity contribution in [3.8, 4) is 5.75 Å². The zero-order valence-corrected chi connectivity index (χ0v) is 10.8. The molecule has 0 fully saturated rings. The van der Waals surface area contributed by atoms with Gasteiger partial charge in [0.2, 0.25) is 0 Å². The number of aromatic nitrogens is 1. The molecule has 0 amide bonds. The highest BCUT2D eigenvalue weighted by atomic mass is 16.5. The summed E-state index contributed by atoms with van der Waals surface area (Å²) >= 11 is 0. The molecule has 2 nitrogen and oxygen atoms in total. The Morgan fingerprint density at radius 2 is 1.78 bits per heavy atom. The van der Waals surface area contributed by atoms with E-state index in [1.54, 1.807) is 7.11 Å². The number of nitrogens with zero attached hydrogens (tertiary/aromatic N) is 1. The van der Waals surface area contributed by atoms with Gasteiger partial charge in [0.15, 0.2) is 0 Å². The maximum atomic E-state index is 5.27. The van der Waals surface area contributed by atoms with Gasteiger partial charge in [0.1, 0.15) is 5.75 Å². The number of benzene rings is 2. The van der Waals surface area contributed by atoms with E-state index in [-0.39, 0.29) is 0 Å². The molecule has 3 rings (SSSR count). The molecule has 2 aromatic carbocycles. The van der Waals surface area contributed by atoms with Crippen LogP contribution in [0, 0.1) is 13.8 Å². The quantitative estimate of drug-likeness (QED) is 0.596. The van der Waals surface area contributed by atoms with E-state index in [9.17, 15) is 0 Å². The van der Waals surface area contributed by atoms with Gasteiger partial charge in [-0.15, -0.1) is 0 Å². The minimum absolute atomic E-state index is 0.888. The number of fused-ring (bicyclic) bond motifs is 2. The molecule has 2 heteroatoms. The van der Waals surface area contributed by atoms with Gasteiger partial charge in [0.05, 0.1) is 12.6 Å². The normalized spacial score (nSPS) is 11.1. The predicted octanol–water partition coefficient (Wildman–Crippen LogP) is 4.01. The van der Waals surface area contributed by atoms with Gasteiger partial charge in [-0.2, -0.15) is 0 Å². The van der Waals surface area contributed by atoms with Gasteiger partial charge in [-0.25, -0.2) is 0 Å². The lowest BCUT2D eigenvalue weighted by molar-refractivity contribution is 0.415. The van der Waals surface area contributed by atoms with Crippen LogP contribution < -0.4 is 4.74 Å². The molecular weight excluding hydrogens is 222 g/mol. The molecule has 1 aromatic heterocycles. The molecule has 90 valence electrons. The van der Waals surface area contributed by atoms with Crippen molar-refractivity contribution in [1.82, 2.24) is 4.98 Å². The van der Waals surface area contributed by atoms with Gasteiger partial charge in [-0.05, 0) is 60.5 Å². The summed E-state index contributed by atoms with van der Waals surface area (Å²) in [7, 11) is 1.69. The maximum Gasteiger partial charge on any atom is 0.119 e. The van der Waals surface area contributed by atoms with Crippen molar-refractivity contribution in [3.05, 3.63) is 47.7 Å². The zero-order chi connectivity index (χ0) is 12.7. The topological polar surface area (TPSA) is 22.1 Å². The highest BCUT2D eigenvalue weighted by molar-refractivity contribution is 5.98. The molecule has 0 unspecified atom stereocenters. The summed E-state index contributed by atoms with van der Waals surface area (Å²) in [5.74, 6) is 0.888. The summed E-state index contributed by atoms with van der Waals surface area (Å²) in [4.78, 5) is 4.60. The Bertz CT molecular complexity index is 747. The Hall–Kier alpha value is -2.09. The highest BCUT2D eigenvalue weighted by Gasteiger charge is 2.04. The number of hydrogen-bond donors (Lipinski definition) is 0. The van der Waals surface area contributed by atoms with Crippen LogP contribution in [0.5, 0.6) is 5.75 Å². The van der Waals surface area contributed by atoms with Crippen LogP contribution in [0.4, 0.5) is 0 Å². The first-order valence-electron chi connectivity index (χ1n) is 6.03. The molecule has 18 heavy (non-hydrogen) atoms. The summed E-state index contributed by atoms with van der Waals surface area (Å²) in [6.45, 7) is 4.16.